The second-order valence-corrected chi connectivity index (χ2v) is 8.76. The Morgan fingerprint density at radius 2 is 1.56 bits per heavy atom. The molecule has 32 heavy (non-hydrogen) atoms. The van der Waals surface area contributed by atoms with Crippen molar-refractivity contribution in [3.63, 3.8) is 0 Å². The number of aromatic carboxylic acids is 1. The van der Waals surface area contributed by atoms with Crippen molar-refractivity contribution in [3.8, 4) is 0 Å². The topological polar surface area (TPSA) is 82.3 Å². The largest absolute Gasteiger partial charge is 0.540 e. The fraction of sp³-hybridized carbons (Fsp3) is 0.400. The van der Waals surface area contributed by atoms with Gasteiger partial charge in [0.2, 0.25) is 5.89 Å². The van der Waals surface area contributed by atoms with E-state index in [0.29, 0.717) is 11.9 Å². The average Bonchev–Trinajstić information content (AvgIpc) is 3.33. The molecule has 1 aromatic heterocycles. The number of hydrogen-bond acceptors (Lipinski definition) is 6. The van der Waals surface area contributed by atoms with Crippen LogP contribution in [0.25, 0.3) is 0 Å². The summed E-state index contributed by atoms with van der Waals surface area (Å²) in [6.07, 6.45) is 5.93. The molecule has 2 aliphatic heterocycles. The summed E-state index contributed by atoms with van der Waals surface area (Å²) >= 11 is 0. The standard InChI is InChI=1S/C25H27N3O3.ClH/c29-23(30)22-26-27-24(31-22)25(19-7-3-1-4-8-19,20-9-5-2-6-10-20)15-16-28-17-18-11-13-21(28)14-12-18;/h1-10,18,21H,11-17H2,(H,29,30);1H/p-1. The predicted molar refractivity (Wildman–Crippen MR) is 121 cm³/mol. The molecule has 0 unspecified atom stereocenters. The Morgan fingerprint density at radius 1 is 0.969 bits per heavy atom. The summed E-state index contributed by atoms with van der Waals surface area (Å²) in [5, 5.41) is 19.4. The molecule has 1 aliphatic carbocycles. The second-order valence-electron chi connectivity index (χ2n) is 8.76. The van der Waals surface area contributed by atoms with Crippen LogP contribution in [0.1, 0.15) is 59.8 Å². The number of piperidine rings is 2. The third-order valence-electron chi connectivity index (χ3n) is 7.10. The van der Waals surface area contributed by atoms with Gasteiger partial charge in [-0.25, -0.2) is 0 Å². The van der Waals surface area contributed by atoms with E-state index in [1.807, 2.05) is 36.4 Å². The Morgan fingerprint density at radius 3 is 2.03 bits per heavy atom. The van der Waals surface area contributed by atoms with Gasteiger partial charge in [-0.15, -0.1) is 22.6 Å². The monoisotopic (exact) mass is 452 g/mol. The zero-order valence-corrected chi connectivity index (χ0v) is 18.7. The number of carboxylic acids is 1. The maximum atomic E-state index is 11.4. The van der Waals surface area contributed by atoms with E-state index in [1.165, 1.54) is 25.7 Å². The van der Waals surface area contributed by atoms with E-state index in [4.69, 9.17) is 4.42 Å². The molecule has 0 atom stereocenters. The van der Waals surface area contributed by atoms with Crippen LogP contribution in [0.2, 0.25) is 0 Å². The van der Waals surface area contributed by atoms with Crippen molar-refractivity contribution >= 4 is 18.4 Å². The van der Waals surface area contributed by atoms with Crippen LogP contribution in [0.4, 0.5) is 0 Å². The van der Waals surface area contributed by atoms with Crippen molar-refractivity contribution in [1.82, 2.24) is 15.1 Å². The van der Waals surface area contributed by atoms with E-state index in [0.717, 1.165) is 36.6 Å². The van der Waals surface area contributed by atoms with Gasteiger partial charge in [0.05, 0.1) is 5.41 Å². The highest BCUT2D eigenvalue weighted by atomic mass is 35.5. The number of aromatic nitrogens is 2. The Kier molecular flexibility index (Phi) is 6.63. The molecule has 168 valence electrons. The normalized spacial score (nSPS) is 20.6. The lowest BCUT2D eigenvalue weighted by molar-refractivity contribution is -0.257. The number of nitrogens with zero attached hydrogens (tertiary/aromatic N) is 3. The maximum absolute atomic E-state index is 11.4. The van der Waals surface area contributed by atoms with Crippen LogP contribution < -0.4 is 5.11 Å². The predicted octanol–water partition coefficient (Wildman–Crippen LogP) is 3.45. The number of benzene rings is 2. The van der Waals surface area contributed by atoms with Crippen molar-refractivity contribution in [2.45, 2.75) is 43.6 Å². The zero-order chi connectivity index (χ0) is 21.3. The Labute approximate surface area is 194 Å². The van der Waals surface area contributed by atoms with Gasteiger partial charge in [-0.1, -0.05) is 60.7 Å². The number of halogens is 1. The molecule has 0 spiro atoms. The Balaban J connectivity index is 0.00000245. The van der Waals surface area contributed by atoms with Crippen LogP contribution in [0, 0.1) is 5.92 Å². The molecule has 6 rings (SSSR count). The van der Waals surface area contributed by atoms with Gasteiger partial charge >= 0.3 is 0 Å². The van der Waals surface area contributed by atoms with Gasteiger partial charge in [0.1, 0.15) is 5.97 Å². The molecule has 3 heterocycles. The Bertz CT molecular complexity index is 993. The van der Waals surface area contributed by atoms with E-state index in [9.17, 15) is 9.90 Å². The van der Waals surface area contributed by atoms with Gasteiger partial charge in [-0.2, -0.15) is 0 Å². The summed E-state index contributed by atoms with van der Waals surface area (Å²) in [5.41, 5.74) is 1.29. The zero-order valence-electron chi connectivity index (χ0n) is 17.9. The summed E-state index contributed by atoms with van der Waals surface area (Å²) in [6, 6.07) is 20.8. The number of rotatable bonds is 7. The van der Waals surface area contributed by atoms with E-state index >= 15 is 0 Å². The number of fused-ring (bicyclic) bond motifs is 3. The summed E-state index contributed by atoms with van der Waals surface area (Å²) < 4.78 is 5.72. The molecule has 2 bridgehead atoms. The lowest BCUT2D eigenvalue weighted by Crippen LogP contribution is -2.49. The van der Waals surface area contributed by atoms with E-state index in [-0.39, 0.29) is 12.4 Å². The Hall–Kier alpha value is -2.70. The molecule has 0 N–H and O–H groups in total. The van der Waals surface area contributed by atoms with Crippen LogP contribution in [0.5, 0.6) is 0 Å². The smallest absolute Gasteiger partial charge is 0.263 e. The van der Waals surface area contributed by atoms with Crippen LogP contribution in [-0.2, 0) is 5.41 Å². The van der Waals surface area contributed by atoms with Crippen LogP contribution in [0.15, 0.2) is 65.1 Å². The van der Waals surface area contributed by atoms with E-state index in [2.05, 4.69) is 39.4 Å². The number of carbonyl (C=O) groups excluding carboxylic acids is 1. The molecule has 2 saturated heterocycles. The van der Waals surface area contributed by atoms with Crippen LogP contribution in [-0.4, -0.2) is 40.2 Å². The molecule has 3 fully saturated rings. The molecule has 2 aromatic carbocycles. The van der Waals surface area contributed by atoms with Crippen molar-refractivity contribution in [1.29, 1.82) is 0 Å². The minimum absolute atomic E-state index is 0. The van der Waals surface area contributed by atoms with Crippen molar-refractivity contribution in [2.24, 2.45) is 5.92 Å². The second kappa shape index (κ2) is 9.43. The van der Waals surface area contributed by atoms with Gasteiger partial charge in [0, 0.05) is 19.1 Å². The van der Waals surface area contributed by atoms with Gasteiger partial charge in [-0.3, -0.25) is 0 Å². The van der Waals surface area contributed by atoms with Crippen LogP contribution in [0.3, 0.4) is 0 Å². The van der Waals surface area contributed by atoms with Crippen molar-refractivity contribution in [2.75, 3.05) is 13.1 Å². The summed E-state index contributed by atoms with van der Waals surface area (Å²) in [7, 11) is 0. The molecule has 3 aromatic rings. The third-order valence-corrected chi connectivity index (χ3v) is 7.10. The van der Waals surface area contributed by atoms with Crippen molar-refractivity contribution in [3.05, 3.63) is 83.6 Å². The molecular weight excluding hydrogens is 426 g/mol. The first kappa shape index (κ1) is 22.5. The quantitative estimate of drug-likeness (QED) is 0.546. The van der Waals surface area contributed by atoms with Gasteiger partial charge in [0.25, 0.3) is 5.89 Å². The van der Waals surface area contributed by atoms with Gasteiger partial charge < -0.3 is 19.2 Å². The third kappa shape index (κ3) is 4.05. The molecule has 1 saturated carbocycles. The highest BCUT2D eigenvalue weighted by Gasteiger charge is 2.43. The maximum Gasteiger partial charge on any atom is 0.263 e. The average molecular weight is 453 g/mol. The lowest BCUT2D eigenvalue weighted by Gasteiger charge is -2.46. The number of hydrogen-bond donors (Lipinski definition) is 0. The fourth-order valence-corrected chi connectivity index (χ4v) is 5.49. The number of carbonyl (C=O) groups is 1. The molecule has 0 radical (unpaired) electrons. The fourth-order valence-electron chi connectivity index (χ4n) is 5.49. The van der Waals surface area contributed by atoms with Crippen molar-refractivity contribution < 1.29 is 14.3 Å². The highest BCUT2D eigenvalue weighted by molar-refractivity contribution is 5.85. The van der Waals surface area contributed by atoms with Gasteiger partial charge in [0.15, 0.2) is 0 Å². The summed E-state index contributed by atoms with van der Waals surface area (Å²) in [5.74, 6) is -0.849. The first-order valence-electron chi connectivity index (χ1n) is 11.1. The molecule has 7 heteroatoms. The molecule has 6 nitrogen and oxygen atoms in total. The SMILES string of the molecule is Cl.O=C([O-])c1nnc(C(CCN2CC3CCC2CC3)(c2ccccc2)c2ccccc2)o1. The summed E-state index contributed by atoms with van der Waals surface area (Å²) in [6.45, 7) is 2.02. The molecule has 3 aliphatic rings. The lowest BCUT2D eigenvalue weighted by atomic mass is 9.71. The van der Waals surface area contributed by atoms with Gasteiger partial charge in [-0.05, 0) is 49.1 Å². The molecular formula is C25H27ClN3O3-. The highest BCUT2D eigenvalue weighted by Crippen LogP contribution is 2.43. The van der Waals surface area contributed by atoms with E-state index in [1.54, 1.807) is 0 Å². The van der Waals surface area contributed by atoms with E-state index < -0.39 is 17.3 Å². The van der Waals surface area contributed by atoms with Crippen LogP contribution >= 0.6 is 12.4 Å². The molecule has 0 amide bonds. The first-order chi connectivity index (χ1) is 15.2. The number of carboxylic acid groups (broad SMARTS) is 1. The minimum Gasteiger partial charge on any atom is -0.540 e. The summed E-state index contributed by atoms with van der Waals surface area (Å²) in [4.78, 5) is 14.0. The first-order valence-corrected chi connectivity index (χ1v) is 11.1. The minimum atomic E-state index is -1.46.